The van der Waals surface area contributed by atoms with Crippen LogP contribution < -0.4 is 5.32 Å². The van der Waals surface area contributed by atoms with Crippen molar-refractivity contribution in [2.75, 3.05) is 19.6 Å². The number of carbonyl (C=O) groups is 2. The van der Waals surface area contributed by atoms with Crippen LogP contribution in [0.1, 0.15) is 47.2 Å². The van der Waals surface area contributed by atoms with Crippen molar-refractivity contribution < 1.29 is 14.0 Å². The van der Waals surface area contributed by atoms with E-state index in [1.807, 2.05) is 31.2 Å². The van der Waals surface area contributed by atoms with E-state index in [0.29, 0.717) is 25.2 Å². The van der Waals surface area contributed by atoms with Crippen LogP contribution in [0.15, 0.2) is 48.5 Å². The lowest BCUT2D eigenvalue weighted by Crippen LogP contribution is -2.36. The van der Waals surface area contributed by atoms with Crippen molar-refractivity contribution in [1.82, 2.24) is 10.2 Å². The third-order valence-electron chi connectivity index (χ3n) is 5.37. The van der Waals surface area contributed by atoms with Crippen LogP contribution >= 0.6 is 0 Å². The molecule has 0 aromatic heterocycles. The summed E-state index contributed by atoms with van der Waals surface area (Å²) < 4.78 is 13.3. The Morgan fingerprint density at radius 1 is 1.07 bits per heavy atom. The predicted molar refractivity (Wildman–Crippen MR) is 108 cm³/mol. The first-order valence-electron chi connectivity index (χ1n) is 9.88. The van der Waals surface area contributed by atoms with E-state index in [4.69, 9.17) is 0 Å². The number of unbranched alkanes of at least 4 members (excludes halogenated alkanes) is 1. The van der Waals surface area contributed by atoms with Crippen molar-refractivity contribution in [1.29, 1.82) is 0 Å². The van der Waals surface area contributed by atoms with E-state index in [-0.39, 0.29) is 29.5 Å². The van der Waals surface area contributed by atoms with E-state index in [1.54, 1.807) is 17.0 Å². The summed E-state index contributed by atoms with van der Waals surface area (Å²) in [7, 11) is 0. The second kappa shape index (κ2) is 9.00. The van der Waals surface area contributed by atoms with Crippen molar-refractivity contribution in [3.05, 3.63) is 71.0 Å². The van der Waals surface area contributed by atoms with Crippen molar-refractivity contribution in [3.63, 3.8) is 0 Å². The van der Waals surface area contributed by atoms with Gasteiger partial charge in [-0.2, -0.15) is 0 Å². The Labute approximate surface area is 165 Å². The molecular weight excluding hydrogens is 355 g/mol. The molecule has 5 heteroatoms. The van der Waals surface area contributed by atoms with Crippen molar-refractivity contribution in [3.8, 4) is 0 Å². The molecule has 4 nitrogen and oxygen atoms in total. The Morgan fingerprint density at radius 3 is 2.39 bits per heavy atom. The van der Waals surface area contributed by atoms with Gasteiger partial charge in [0.25, 0.3) is 5.91 Å². The van der Waals surface area contributed by atoms with Gasteiger partial charge in [-0.1, -0.05) is 43.2 Å². The summed E-state index contributed by atoms with van der Waals surface area (Å²) in [5.74, 6) is -0.899. The van der Waals surface area contributed by atoms with Gasteiger partial charge < -0.3 is 10.2 Å². The Balaban J connectivity index is 1.81. The summed E-state index contributed by atoms with van der Waals surface area (Å²) in [4.78, 5) is 27.5. The van der Waals surface area contributed by atoms with E-state index in [2.05, 4.69) is 12.2 Å². The van der Waals surface area contributed by atoms with Crippen LogP contribution in [0.25, 0.3) is 0 Å². The van der Waals surface area contributed by atoms with E-state index in [0.717, 1.165) is 24.0 Å². The quantitative estimate of drug-likeness (QED) is 0.770. The maximum atomic E-state index is 13.3. The Morgan fingerprint density at radius 2 is 1.75 bits per heavy atom. The molecule has 0 saturated carbocycles. The molecule has 1 saturated heterocycles. The minimum Gasteiger partial charge on any atom is -0.356 e. The average Bonchev–Trinajstić information content (AvgIpc) is 3.14. The number of benzene rings is 2. The van der Waals surface area contributed by atoms with Crippen molar-refractivity contribution in [2.24, 2.45) is 5.92 Å². The van der Waals surface area contributed by atoms with Crippen LogP contribution in [0.5, 0.6) is 0 Å². The van der Waals surface area contributed by atoms with Crippen LogP contribution in [-0.2, 0) is 4.79 Å². The molecule has 2 amide bonds. The van der Waals surface area contributed by atoms with Gasteiger partial charge in [0.15, 0.2) is 0 Å². The highest BCUT2D eigenvalue weighted by Crippen LogP contribution is 2.34. The van der Waals surface area contributed by atoms with Gasteiger partial charge in [-0.25, -0.2) is 4.39 Å². The molecule has 1 aliphatic rings. The van der Waals surface area contributed by atoms with Gasteiger partial charge in [0.05, 0.1) is 5.92 Å². The molecule has 2 aromatic carbocycles. The number of rotatable bonds is 6. The van der Waals surface area contributed by atoms with Crippen LogP contribution in [-0.4, -0.2) is 36.3 Å². The first-order valence-corrected chi connectivity index (χ1v) is 9.88. The normalized spacial score (nSPS) is 18.9. The van der Waals surface area contributed by atoms with E-state index >= 15 is 0 Å². The molecule has 1 fully saturated rings. The summed E-state index contributed by atoms with van der Waals surface area (Å²) >= 11 is 0. The molecule has 0 aliphatic carbocycles. The third-order valence-corrected chi connectivity index (χ3v) is 5.37. The zero-order chi connectivity index (χ0) is 20.1. The molecule has 1 heterocycles. The zero-order valence-corrected chi connectivity index (χ0v) is 16.5. The summed E-state index contributed by atoms with van der Waals surface area (Å²) in [5, 5.41) is 2.99. The minimum atomic E-state index is -0.336. The highest BCUT2D eigenvalue weighted by Gasteiger charge is 2.40. The Bertz CT molecular complexity index is 818. The van der Waals surface area contributed by atoms with Crippen LogP contribution in [0, 0.1) is 18.7 Å². The second-order valence-electron chi connectivity index (χ2n) is 7.49. The number of aryl methyl sites for hydroxylation is 1. The molecule has 1 N–H and O–H groups in total. The lowest BCUT2D eigenvalue weighted by atomic mass is 9.88. The second-order valence-corrected chi connectivity index (χ2v) is 7.49. The molecule has 2 aromatic rings. The first kappa shape index (κ1) is 20.1. The number of nitrogens with zero attached hydrogens (tertiary/aromatic N) is 1. The van der Waals surface area contributed by atoms with Crippen molar-refractivity contribution in [2.45, 2.75) is 32.6 Å². The number of nitrogens with one attached hydrogen (secondary N) is 1. The monoisotopic (exact) mass is 382 g/mol. The molecule has 0 spiro atoms. The average molecular weight is 382 g/mol. The molecule has 0 radical (unpaired) electrons. The van der Waals surface area contributed by atoms with Gasteiger partial charge in [0, 0.05) is 31.1 Å². The van der Waals surface area contributed by atoms with Gasteiger partial charge in [-0.3, -0.25) is 9.59 Å². The maximum absolute atomic E-state index is 13.3. The molecule has 2 atom stereocenters. The molecule has 28 heavy (non-hydrogen) atoms. The molecule has 0 bridgehead atoms. The SMILES string of the molecule is CCCCNC(=O)[C@@H]1CN(C(=O)c2ccc(C)cc2)C[C@@H]1c1ccc(F)cc1. The lowest BCUT2D eigenvalue weighted by Gasteiger charge is -2.18. The zero-order valence-electron chi connectivity index (χ0n) is 16.5. The largest absolute Gasteiger partial charge is 0.356 e. The summed E-state index contributed by atoms with van der Waals surface area (Å²) in [5.41, 5.74) is 2.60. The fraction of sp³-hybridized carbons (Fsp3) is 0.391. The van der Waals surface area contributed by atoms with E-state index < -0.39 is 0 Å². The lowest BCUT2D eigenvalue weighted by molar-refractivity contribution is -0.124. The molecule has 148 valence electrons. The van der Waals surface area contributed by atoms with Gasteiger partial charge in [0.2, 0.25) is 5.91 Å². The van der Waals surface area contributed by atoms with Gasteiger partial charge in [0.1, 0.15) is 5.82 Å². The summed E-state index contributed by atoms with van der Waals surface area (Å²) in [6.07, 6.45) is 1.93. The maximum Gasteiger partial charge on any atom is 0.253 e. The predicted octanol–water partition coefficient (Wildman–Crippen LogP) is 3.91. The fourth-order valence-electron chi connectivity index (χ4n) is 3.68. The van der Waals surface area contributed by atoms with Crippen LogP contribution in [0.2, 0.25) is 0 Å². The molecule has 3 rings (SSSR count). The number of amides is 2. The number of hydrogen-bond donors (Lipinski definition) is 1. The van der Waals surface area contributed by atoms with Crippen molar-refractivity contribution >= 4 is 11.8 Å². The highest BCUT2D eigenvalue weighted by molar-refractivity contribution is 5.95. The number of halogens is 1. The minimum absolute atomic E-state index is 0.0398. The topological polar surface area (TPSA) is 49.4 Å². The van der Waals surface area contributed by atoms with E-state index in [9.17, 15) is 14.0 Å². The van der Waals surface area contributed by atoms with Crippen LogP contribution in [0.3, 0.4) is 0 Å². The Hall–Kier alpha value is -2.69. The highest BCUT2D eigenvalue weighted by atomic mass is 19.1. The van der Waals surface area contributed by atoms with Crippen LogP contribution in [0.4, 0.5) is 4.39 Å². The molecule has 1 aliphatic heterocycles. The molecular formula is C23H27FN2O2. The Kier molecular flexibility index (Phi) is 6.45. The smallest absolute Gasteiger partial charge is 0.253 e. The third kappa shape index (κ3) is 4.58. The van der Waals surface area contributed by atoms with Gasteiger partial charge in [-0.15, -0.1) is 0 Å². The van der Waals surface area contributed by atoms with Gasteiger partial charge in [-0.05, 0) is 43.2 Å². The number of carbonyl (C=O) groups excluding carboxylic acids is 2. The van der Waals surface area contributed by atoms with E-state index in [1.165, 1.54) is 12.1 Å². The summed E-state index contributed by atoms with van der Waals surface area (Å²) in [6.45, 7) is 5.50. The van der Waals surface area contributed by atoms with Gasteiger partial charge >= 0.3 is 0 Å². The standard InChI is InChI=1S/C23H27FN2O2/c1-3-4-13-25-22(27)21-15-26(23(28)18-7-5-16(2)6-8-18)14-20(21)17-9-11-19(24)12-10-17/h5-12,20-21H,3-4,13-15H2,1-2H3,(H,25,27)/t20-,21-/m1/s1. The number of hydrogen-bond acceptors (Lipinski definition) is 2. The first-order chi connectivity index (χ1) is 13.5. The molecule has 0 unspecified atom stereocenters. The fourth-order valence-corrected chi connectivity index (χ4v) is 3.68. The number of likely N-dealkylation sites (tertiary alicyclic amines) is 1. The summed E-state index contributed by atoms with van der Waals surface area (Å²) in [6, 6.07) is 13.7.